The zero-order chi connectivity index (χ0) is 11.4. The van der Waals surface area contributed by atoms with Crippen molar-refractivity contribution in [1.82, 2.24) is 0 Å². The van der Waals surface area contributed by atoms with Crippen molar-refractivity contribution in [3.05, 3.63) is 42.0 Å². The molecule has 1 nitrogen and oxygen atoms in total. The Balaban J connectivity index is 2.35. The minimum atomic E-state index is -0.262. The van der Waals surface area contributed by atoms with Crippen LogP contribution < -0.4 is 0 Å². The Morgan fingerprint density at radius 2 is 1.94 bits per heavy atom. The molecule has 16 heavy (non-hydrogen) atoms. The second kappa shape index (κ2) is 4.65. The number of carbonyl (C=O) groups excluding carboxylic acids is 1. The standard InChI is InChI=1S/C15H18O/c1-15(12-16)10-6-5-9-14(11-15)13-7-3-2-4-8-13/h2-4,7-8,11-12H,5-6,9-10H2,1H3. The topological polar surface area (TPSA) is 17.1 Å². The fourth-order valence-electron chi connectivity index (χ4n) is 2.34. The van der Waals surface area contributed by atoms with Crippen LogP contribution in [0.3, 0.4) is 0 Å². The molecule has 0 bridgehead atoms. The lowest BCUT2D eigenvalue weighted by atomic mass is 9.86. The van der Waals surface area contributed by atoms with E-state index in [1.807, 2.05) is 13.0 Å². The molecular weight excluding hydrogens is 196 g/mol. The van der Waals surface area contributed by atoms with Gasteiger partial charge in [-0.25, -0.2) is 0 Å². The fraction of sp³-hybridized carbons (Fsp3) is 0.400. The number of aldehydes is 1. The highest BCUT2D eigenvalue weighted by Crippen LogP contribution is 2.34. The van der Waals surface area contributed by atoms with Crippen LogP contribution in [0.1, 0.15) is 38.2 Å². The molecule has 0 amide bonds. The van der Waals surface area contributed by atoms with Gasteiger partial charge in [-0.3, -0.25) is 0 Å². The number of hydrogen-bond acceptors (Lipinski definition) is 1. The molecule has 1 aliphatic carbocycles. The molecule has 1 aromatic rings. The second-order valence-electron chi connectivity index (χ2n) is 4.87. The summed E-state index contributed by atoms with van der Waals surface area (Å²) in [6.07, 6.45) is 7.66. The Kier molecular flexibility index (Phi) is 3.23. The molecule has 1 aliphatic rings. The van der Waals surface area contributed by atoms with Crippen molar-refractivity contribution in [3.63, 3.8) is 0 Å². The second-order valence-corrected chi connectivity index (χ2v) is 4.87. The highest BCUT2D eigenvalue weighted by molar-refractivity contribution is 5.73. The normalized spacial score (nSPS) is 25.7. The lowest BCUT2D eigenvalue weighted by Crippen LogP contribution is -2.14. The summed E-state index contributed by atoms with van der Waals surface area (Å²) in [4.78, 5) is 11.2. The molecule has 0 aromatic heterocycles. The minimum Gasteiger partial charge on any atom is -0.302 e. The van der Waals surface area contributed by atoms with Crippen LogP contribution in [0.5, 0.6) is 0 Å². The van der Waals surface area contributed by atoms with E-state index in [1.54, 1.807) is 0 Å². The summed E-state index contributed by atoms with van der Waals surface area (Å²) in [5.74, 6) is 0. The van der Waals surface area contributed by atoms with E-state index in [-0.39, 0.29) is 5.41 Å². The SMILES string of the molecule is CC1(C=O)C=C(c2ccccc2)CCCC1. The van der Waals surface area contributed by atoms with Crippen LogP contribution in [0.2, 0.25) is 0 Å². The van der Waals surface area contributed by atoms with Gasteiger partial charge in [0.25, 0.3) is 0 Å². The third kappa shape index (κ3) is 2.41. The average Bonchev–Trinajstić information content (AvgIpc) is 2.53. The largest absolute Gasteiger partial charge is 0.302 e. The van der Waals surface area contributed by atoms with E-state index in [4.69, 9.17) is 0 Å². The lowest BCUT2D eigenvalue weighted by molar-refractivity contribution is -0.113. The van der Waals surface area contributed by atoms with Gasteiger partial charge in [-0.1, -0.05) is 42.8 Å². The Hall–Kier alpha value is -1.37. The molecule has 84 valence electrons. The molecule has 0 N–H and O–H groups in total. The third-order valence-corrected chi connectivity index (χ3v) is 3.33. The highest BCUT2D eigenvalue weighted by Gasteiger charge is 2.23. The van der Waals surface area contributed by atoms with Crippen LogP contribution in [0, 0.1) is 5.41 Å². The number of carbonyl (C=O) groups is 1. The summed E-state index contributed by atoms with van der Waals surface area (Å²) in [5.41, 5.74) is 2.33. The van der Waals surface area contributed by atoms with Crippen molar-refractivity contribution < 1.29 is 4.79 Å². The average molecular weight is 214 g/mol. The monoisotopic (exact) mass is 214 g/mol. The van der Waals surface area contributed by atoms with Crippen molar-refractivity contribution in [3.8, 4) is 0 Å². The molecule has 0 heterocycles. The lowest BCUT2D eigenvalue weighted by Gasteiger charge is -2.17. The molecule has 0 saturated carbocycles. The molecule has 1 heteroatoms. The Morgan fingerprint density at radius 3 is 2.62 bits per heavy atom. The molecule has 1 atom stereocenters. The smallest absolute Gasteiger partial charge is 0.129 e. The Bertz CT molecular complexity index is 391. The van der Waals surface area contributed by atoms with Gasteiger partial charge >= 0.3 is 0 Å². The summed E-state index contributed by atoms with van der Waals surface area (Å²) in [5, 5.41) is 0. The maximum atomic E-state index is 11.2. The minimum absolute atomic E-state index is 0.262. The van der Waals surface area contributed by atoms with Crippen LogP contribution in [-0.4, -0.2) is 6.29 Å². The first-order valence-electron chi connectivity index (χ1n) is 5.97. The van der Waals surface area contributed by atoms with Gasteiger partial charge in [0, 0.05) is 5.41 Å². The van der Waals surface area contributed by atoms with Gasteiger partial charge in [-0.2, -0.15) is 0 Å². The summed E-state index contributed by atoms with van der Waals surface area (Å²) in [6, 6.07) is 10.4. The summed E-state index contributed by atoms with van der Waals surface area (Å²) >= 11 is 0. The molecule has 0 spiro atoms. The maximum absolute atomic E-state index is 11.2. The predicted octanol–water partition coefficient (Wildman–Crippen LogP) is 3.85. The van der Waals surface area contributed by atoms with E-state index < -0.39 is 0 Å². The van der Waals surface area contributed by atoms with E-state index in [2.05, 4.69) is 30.3 Å². The van der Waals surface area contributed by atoms with E-state index in [1.165, 1.54) is 17.6 Å². The Morgan fingerprint density at radius 1 is 1.19 bits per heavy atom. The van der Waals surface area contributed by atoms with E-state index >= 15 is 0 Å². The molecule has 2 rings (SSSR count). The van der Waals surface area contributed by atoms with Gasteiger partial charge in [-0.15, -0.1) is 0 Å². The zero-order valence-electron chi connectivity index (χ0n) is 9.78. The van der Waals surface area contributed by atoms with Gasteiger partial charge in [-0.05, 0) is 37.3 Å². The fourth-order valence-corrected chi connectivity index (χ4v) is 2.34. The van der Waals surface area contributed by atoms with Crippen molar-refractivity contribution in [2.24, 2.45) is 5.41 Å². The van der Waals surface area contributed by atoms with Crippen molar-refractivity contribution >= 4 is 11.9 Å². The molecule has 0 saturated heterocycles. The van der Waals surface area contributed by atoms with Gasteiger partial charge in [0.2, 0.25) is 0 Å². The van der Waals surface area contributed by atoms with Gasteiger partial charge < -0.3 is 4.79 Å². The number of hydrogen-bond donors (Lipinski definition) is 0. The van der Waals surface area contributed by atoms with E-state index in [0.717, 1.165) is 25.5 Å². The number of benzene rings is 1. The van der Waals surface area contributed by atoms with Crippen molar-refractivity contribution in [2.75, 3.05) is 0 Å². The molecule has 1 aromatic carbocycles. The maximum Gasteiger partial charge on any atom is 0.129 e. The van der Waals surface area contributed by atoms with E-state index in [9.17, 15) is 4.79 Å². The number of rotatable bonds is 2. The Labute approximate surface area is 97.2 Å². The molecule has 0 radical (unpaired) electrons. The van der Waals surface area contributed by atoms with Gasteiger partial charge in [0.05, 0.1) is 0 Å². The van der Waals surface area contributed by atoms with Crippen molar-refractivity contribution in [1.29, 1.82) is 0 Å². The van der Waals surface area contributed by atoms with Crippen LogP contribution in [0.15, 0.2) is 36.4 Å². The highest BCUT2D eigenvalue weighted by atomic mass is 16.1. The first-order chi connectivity index (χ1) is 7.73. The third-order valence-electron chi connectivity index (χ3n) is 3.33. The van der Waals surface area contributed by atoms with Crippen LogP contribution in [0.4, 0.5) is 0 Å². The van der Waals surface area contributed by atoms with Crippen LogP contribution >= 0.6 is 0 Å². The first kappa shape index (κ1) is 11.1. The number of allylic oxidation sites excluding steroid dienone is 2. The van der Waals surface area contributed by atoms with Gasteiger partial charge in [0.1, 0.15) is 6.29 Å². The van der Waals surface area contributed by atoms with E-state index in [0.29, 0.717) is 0 Å². The molecule has 0 aliphatic heterocycles. The molecular formula is C15H18O. The predicted molar refractivity (Wildman–Crippen MR) is 67.1 cm³/mol. The molecule has 0 fully saturated rings. The first-order valence-corrected chi connectivity index (χ1v) is 5.97. The van der Waals surface area contributed by atoms with Gasteiger partial charge in [0.15, 0.2) is 0 Å². The quantitative estimate of drug-likeness (QED) is 0.683. The molecule has 1 unspecified atom stereocenters. The summed E-state index contributed by atoms with van der Waals surface area (Å²) in [7, 11) is 0. The van der Waals surface area contributed by atoms with Crippen LogP contribution in [-0.2, 0) is 4.79 Å². The zero-order valence-corrected chi connectivity index (χ0v) is 9.78. The summed E-state index contributed by atoms with van der Waals surface area (Å²) < 4.78 is 0. The van der Waals surface area contributed by atoms with Crippen LogP contribution in [0.25, 0.3) is 5.57 Å². The summed E-state index contributed by atoms with van der Waals surface area (Å²) in [6.45, 7) is 2.04. The van der Waals surface area contributed by atoms with Crippen molar-refractivity contribution in [2.45, 2.75) is 32.6 Å².